The predicted octanol–water partition coefficient (Wildman–Crippen LogP) is 2.20. The molecule has 0 unspecified atom stereocenters. The van der Waals surface area contributed by atoms with Crippen molar-refractivity contribution in [1.29, 1.82) is 0 Å². The van der Waals surface area contributed by atoms with Crippen LogP contribution in [0.3, 0.4) is 0 Å². The van der Waals surface area contributed by atoms with Crippen molar-refractivity contribution < 1.29 is 4.74 Å². The number of aromatic nitrogens is 2. The molecular formula is C14H25N3O. The third-order valence-electron chi connectivity index (χ3n) is 3.26. The lowest BCUT2D eigenvalue weighted by Crippen LogP contribution is -2.19. The topological polar surface area (TPSA) is 39.1 Å². The SMILES string of the molecule is CC(C)CCOCCn1cncc1CNC1CC1. The third-order valence-corrected chi connectivity index (χ3v) is 3.26. The van der Waals surface area contributed by atoms with E-state index in [4.69, 9.17) is 4.74 Å². The van der Waals surface area contributed by atoms with E-state index in [1.807, 2.05) is 12.5 Å². The second-order valence-electron chi connectivity index (χ2n) is 5.53. The van der Waals surface area contributed by atoms with Gasteiger partial charge in [0.05, 0.1) is 18.6 Å². The highest BCUT2D eigenvalue weighted by molar-refractivity contribution is 4.99. The number of nitrogens with zero attached hydrogens (tertiary/aromatic N) is 2. The van der Waals surface area contributed by atoms with E-state index in [1.54, 1.807) is 0 Å². The average molecular weight is 251 g/mol. The zero-order chi connectivity index (χ0) is 12.8. The largest absolute Gasteiger partial charge is 0.380 e. The molecule has 1 N–H and O–H groups in total. The lowest BCUT2D eigenvalue weighted by atomic mass is 10.1. The normalized spacial score (nSPS) is 15.5. The number of hydrogen-bond acceptors (Lipinski definition) is 3. The molecule has 102 valence electrons. The molecule has 1 heterocycles. The van der Waals surface area contributed by atoms with Gasteiger partial charge in [-0.3, -0.25) is 0 Å². The highest BCUT2D eigenvalue weighted by Gasteiger charge is 2.20. The van der Waals surface area contributed by atoms with Crippen molar-refractivity contribution in [1.82, 2.24) is 14.9 Å². The van der Waals surface area contributed by atoms with Crippen LogP contribution in [-0.4, -0.2) is 28.8 Å². The minimum atomic E-state index is 0.719. The Hall–Kier alpha value is -0.870. The lowest BCUT2D eigenvalue weighted by molar-refractivity contribution is 0.115. The van der Waals surface area contributed by atoms with Crippen LogP contribution in [-0.2, 0) is 17.8 Å². The van der Waals surface area contributed by atoms with Crippen molar-refractivity contribution in [3.63, 3.8) is 0 Å². The first-order valence-corrected chi connectivity index (χ1v) is 7.06. The van der Waals surface area contributed by atoms with Gasteiger partial charge in [0.1, 0.15) is 0 Å². The molecule has 2 rings (SSSR count). The van der Waals surface area contributed by atoms with E-state index >= 15 is 0 Å². The summed E-state index contributed by atoms with van der Waals surface area (Å²) in [6, 6.07) is 0.746. The van der Waals surface area contributed by atoms with Crippen LogP contribution >= 0.6 is 0 Å². The molecular weight excluding hydrogens is 226 g/mol. The van der Waals surface area contributed by atoms with Crippen LogP contribution in [0.5, 0.6) is 0 Å². The van der Waals surface area contributed by atoms with E-state index in [9.17, 15) is 0 Å². The van der Waals surface area contributed by atoms with E-state index in [2.05, 4.69) is 28.7 Å². The van der Waals surface area contributed by atoms with Crippen molar-refractivity contribution in [2.75, 3.05) is 13.2 Å². The van der Waals surface area contributed by atoms with E-state index in [0.717, 1.165) is 44.7 Å². The van der Waals surface area contributed by atoms with Gasteiger partial charge in [0, 0.05) is 31.9 Å². The summed E-state index contributed by atoms with van der Waals surface area (Å²) in [7, 11) is 0. The fraction of sp³-hybridized carbons (Fsp3) is 0.786. The third kappa shape index (κ3) is 4.78. The van der Waals surface area contributed by atoms with Gasteiger partial charge in [-0.15, -0.1) is 0 Å². The van der Waals surface area contributed by atoms with Gasteiger partial charge in [-0.05, 0) is 25.2 Å². The number of nitrogens with one attached hydrogen (secondary N) is 1. The molecule has 1 fully saturated rings. The lowest BCUT2D eigenvalue weighted by Gasteiger charge is -2.10. The van der Waals surface area contributed by atoms with Gasteiger partial charge in [0.15, 0.2) is 0 Å². The second-order valence-corrected chi connectivity index (χ2v) is 5.53. The fourth-order valence-corrected chi connectivity index (χ4v) is 1.82. The van der Waals surface area contributed by atoms with Crippen LogP contribution in [0.15, 0.2) is 12.5 Å². The minimum absolute atomic E-state index is 0.719. The Morgan fingerprint density at radius 3 is 3.00 bits per heavy atom. The quantitative estimate of drug-likeness (QED) is 0.684. The summed E-state index contributed by atoms with van der Waals surface area (Å²) in [6.07, 6.45) is 7.64. The number of ether oxygens (including phenoxy) is 1. The molecule has 1 aliphatic carbocycles. The Morgan fingerprint density at radius 1 is 1.44 bits per heavy atom. The van der Waals surface area contributed by atoms with Crippen molar-refractivity contribution in [2.45, 2.75) is 52.2 Å². The van der Waals surface area contributed by atoms with Gasteiger partial charge < -0.3 is 14.6 Å². The van der Waals surface area contributed by atoms with Gasteiger partial charge in [0.25, 0.3) is 0 Å². The Balaban J connectivity index is 1.63. The summed E-state index contributed by atoms with van der Waals surface area (Å²) in [4.78, 5) is 4.22. The van der Waals surface area contributed by atoms with E-state index in [1.165, 1.54) is 18.5 Å². The summed E-state index contributed by atoms with van der Waals surface area (Å²) in [5, 5.41) is 3.51. The smallest absolute Gasteiger partial charge is 0.0949 e. The Bertz CT molecular complexity index is 345. The molecule has 0 spiro atoms. The van der Waals surface area contributed by atoms with Crippen LogP contribution in [0.4, 0.5) is 0 Å². The van der Waals surface area contributed by atoms with Gasteiger partial charge in [-0.25, -0.2) is 4.98 Å². The highest BCUT2D eigenvalue weighted by Crippen LogP contribution is 2.19. The monoisotopic (exact) mass is 251 g/mol. The van der Waals surface area contributed by atoms with Gasteiger partial charge in [0.2, 0.25) is 0 Å². The van der Waals surface area contributed by atoms with E-state index in [0.29, 0.717) is 0 Å². The highest BCUT2D eigenvalue weighted by atomic mass is 16.5. The first-order valence-electron chi connectivity index (χ1n) is 7.06. The Morgan fingerprint density at radius 2 is 2.28 bits per heavy atom. The van der Waals surface area contributed by atoms with Crippen LogP contribution in [0, 0.1) is 5.92 Å². The first-order chi connectivity index (χ1) is 8.75. The van der Waals surface area contributed by atoms with E-state index in [-0.39, 0.29) is 0 Å². The van der Waals surface area contributed by atoms with Crippen molar-refractivity contribution in [3.05, 3.63) is 18.2 Å². The van der Waals surface area contributed by atoms with Crippen LogP contribution < -0.4 is 5.32 Å². The Labute approximate surface area is 110 Å². The number of imidazole rings is 1. The molecule has 0 radical (unpaired) electrons. The molecule has 18 heavy (non-hydrogen) atoms. The molecule has 1 aromatic heterocycles. The number of hydrogen-bond donors (Lipinski definition) is 1. The molecule has 0 saturated heterocycles. The summed E-state index contributed by atoms with van der Waals surface area (Å²) in [5.41, 5.74) is 1.26. The van der Waals surface area contributed by atoms with Gasteiger partial charge >= 0.3 is 0 Å². The zero-order valence-electron chi connectivity index (χ0n) is 11.6. The summed E-state index contributed by atoms with van der Waals surface area (Å²) >= 11 is 0. The second kappa shape index (κ2) is 6.90. The maximum absolute atomic E-state index is 5.64. The first kappa shape index (κ1) is 13.6. The molecule has 0 aromatic carbocycles. The van der Waals surface area contributed by atoms with Crippen molar-refractivity contribution in [2.24, 2.45) is 5.92 Å². The van der Waals surface area contributed by atoms with E-state index < -0.39 is 0 Å². The van der Waals surface area contributed by atoms with Crippen LogP contribution in [0.1, 0.15) is 38.8 Å². The molecule has 1 aromatic rings. The van der Waals surface area contributed by atoms with Gasteiger partial charge in [-0.1, -0.05) is 13.8 Å². The maximum Gasteiger partial charge on any atom is 0.0949 e. The van der Waals surface area contributed by atoms with Crippen molar-refractivity contribution >= 4 is 0 Å². The standard InChI is InChI=1S/C14H25N3O/c1-12(2)5-7-18-8-6-17-11-15-9-14(17)10-16-13-3-4-13/h9,11-13,16H,3-8,10H2,1-2H3. The molecule has 0 bridgehead atoms. The molecule has 0 aliphatic heterocycles. The molecule has 0 atom stereocenters. The molecule has 4 heteroatoms. The Kier molecular flexibility index (Phi) is 5.20. The molecule has 1 saturated carbocycles. The molecule has 1 aliphatic rings. The number of rotatable bonds is 9. The molecule has 0 amide bonds. The van der Waals surface area contributed by atoms with Crippen LogP contribution in [0.2, 0.25) is 0 Å². The fourth-order valence-electron chi connectivity index (χ4n) is 1.82. The summed E-state index contributed by atoms with van der Waals surface area (Å²) in [6.45, 7) is 7.92. The summed E-state index contributed by atoms with van der Waals surface area (Å²) in [5.74, 6) is 0.719. The van der Waals surface area contributed by atoms with Gasteiger partial charge in [-0.2, -0.15) is 0 Å². The average Bonchev–Trinajstić information content (AvgIpc) is 3.06. The van der Waals surface area contributed by atoms with Crippen LogP contribution in [0.25, 0.3) is 0 Å². The summed E-state index contributed by atoms with van der Waals surface area (Å²) < 4.78 is 7.83. The minimum Gasteiger partial charge on any atom is -0.380 e. The zero-order valence-corrected chi connectivity index (χ0v) is 11.6. The van der Waals surface area contributed by atoms with Crippen molar-refractivity contribution in [3.8, 4) is 0 Å². The maximum atomic E-state index is 5.64. The predicted molar refractivity (Wildman–Crippen MR) is 72.4 cm³/mol. The molecule has 4 nitrogen and oxygen atoms in total.